The number of hydrogen-bond donors (Lipinski definition) is 2. The number of hydrogen-bond acceptors (Lipinski definition) is 3. The lowest BCUT2D eigenvalue weighted by molar-refractivity contribution is 0.414. The zero-order valence-corrected chi connectivity index (χ0v) is 12.1. The van der Waals surface area contributed by atoms with E-state index >= 15 is 0 Å². The van der Waals surface area contributed by atoms with Gasteiger partial charge in [-0.25, -0.2) is 4.39 Å². The average Bonchev–Trinajstić information content (AvgIpc) is 2.47. The van der Waals surface area contributed by atoms with Gasteiger partial charge in [0.1, 0.15) is 17.4 Å². The van der Waals surface area contributed by atoms with E-state index in [-0.39, 0.29) is 5.84 Å². The van der Waals surface area contributed by atoms with Crippen LogP contribution in [0.1, 0.15) is 11.1 Å². The third kappa shape index (κ3) is 3.51. The number of methoxy groups -OCH3 is 1. The van der Waals surface area contributed by atoms with Gasteiger partial charge in [0, 0.05) is 24.8 Å². The minimum absolute atomic E-state index is 0.151. The average molecular weight is 287 g/mol. The van der Waals surface area contributed by atoms with Crippen LogP contribution in [-0.4, -0.2) is 20.0 Å². The fraction of sp³-hybridized carbons (Fsp3) is 0.188. The van der Waals surface area contributed by atoms with Crippen LogP contribution in [0.2, 0.25) is 0 Å². The van der Waals surface area contributed by atoms with Crippen molar-refractivity contribution in [2.24, 2.45) is 5.73 Å². The number of nitrogens with zero attached hydrogens (tertiary/aromatic N) is 1. The van der Waals surface area contributed by atoms with Crippen LogP contribution in [0, 0.1) is 11.2 Å². The van der Waals surface area contributed by atoms with Gasteiger partial charge in [0.05, 0.1) is 7.11 Å². The van der Waals surface area contributed by atoms with Crippen molar-refractivity contribution in [1.82, 2.24) is 0 Å². The molecule has 5 heteroatoms. The molecule has 0 spiro atoms. The van der Waals surface area contributed by atoms with Crippen molar-refractivity contribution in [2.45, 2.75) is 6.54 Å². The summed E-state index contributed by atoms with van der Waals surface area (Å²) in [6, 6.07) is 12.0. The molecule has 0 saturated heterocycles. The monoisotopic (exact) mass is 287 g/mol. The fourth-order valence-electron chi connectivity index (χ4n) is 2.19. The van der Waals surface area contributed by atoms with Gasteiger partial charge in [-0.15, -0.1) is 0 Å². The highest BCUT2D eigenvalue weighted by molar-refractivity contribution is 6.00. The second-order valence-electron chi connectivity index (χ2n) is 4.78. The number of rotatable bonds is 5. The summed E-state index contributed by atoms with van der Waals surface area (Å²) in [6.07, 6.45) is 0. The predicted octanol–water partition coefficient (Wildman–Crippen LogP) is 2.75. The summed E-state index contributed by atoms with van der Waals surface area (Å²) in [7, 11) is 3.50. The molecular weight excluding hydrogens is 269 g/mol. The molecule has 0 aliphatic carbocycles. The van der Waals surface area contributed by atoms with Crippen LogP contribution in [0.4, 0.5) is 10.1 Å². The molecule has 0 fully saturated rings. The molecule has 0 amide bonds. The lowest BCUT2D eigenvalue weighted by Gasteiger charge is -2.22. The Kier molecular flexibility index (Phi) is 4.42. The highest BCUT2D eigenvalue weighted by atomic mass is 19.1. The smallest absolute Gasteiger partial charge is 0.125 e. The minimum Gasteiger partial charge on any atom is -0.497 e. The Morgan fingerprint density at radius 1 is 1.29 bits per heavy atom. The number of nitrogens with two attached hydrogens (primary N) is 1. The van der Waals surface area contributed by atoms with Crippen molar-refractivity contribution in [3.8, 4) is 5.75 Å². The maximum Gasteiger partial charge on any atom is 0.125 e. The molecule has 2 aromatic carbocycles. The number of ether oxygens (including phenoxy) is 1. The Morgan fingerprint density at radius 3 is 2.71 bits per heavy atom. The zero-order chi connectivity index (χ0) is 15.4. The van der Waals surface area contributed by atoms with Gasteiger partial charge in [-0.3, -0.25) is 5.41 Å². The number of anilines is 1. The molecule has 21 heavy (non-hydrogen) atoms. The molecule has 0 aromatic heterocycles. The quantitative estimate of drug-likeness (QED) is 0.656. The molecule has 0 saturated carbocycles. The molecule has 110 valence electrons. The largest absolute Gasteiger partial charge is 0.497 e. The highest BCUT2D eigenvalue weighted by Crippen LogP contribution is 2.23. The summed E-state index contributed by atoms with van der Waals surface area (Å²) < 4.78 is 18.5. The number of benzene rings is 2. The van der Waals surface area contributed by atoms with Crippen LogP contribution < -0.4 is 15.4 Å². The molecule has 0 atom stereocenters. The van der Waals surface area contributed by atoms with Crippen molar-refractivity contribution >= 4 is 11.5 Å². The van der Waals surface area contributed by atoms with Gasteiger partial charge in [-0.2, -0.15) is 0 Å². The van der Waals surface area contributed by atoms with Gasteiger partial charge < -0.3 is 15.4 Å². The second kappa shape index (κ2) is 6.26. The standard InChI is InChI=1S/C16H18FN3O/c1-20(10-11-4-3-5-13(8-11)21-2)15-7-6-12(17)9-14(15)16(18)19/h3-9H,10H2,1-2H3,(H3,18,19). The summed E-state index contributed by atoms with van der Waals surface area (Å²) in [4.78, 5) is 1.92. The molecule has 0 bridgehead atoms. The van der Waals surface area contributed by atoms with Gasteiger partial charge in [-0.1, -0.05) is 12.1 Å². The molecule has 0 aliphatic rings. The van der Waals surface area contributed by atoms with Crippen molar-refractivity contribution in [3.05, 3.63) is 59.4 Å². The van der Waals surface area contributed by atoms with Gasteiger partial charge >= 0.3 is 0 Å². The number of nitrogens with one attached hydrogen (secondary N) is 1. The summed E-state index contributed by atoms with van der Waals surface area (Å²) in [6.45, 7) is 0.600. The molecule has 0 radical (unpaired) electrons. The normalized spacial score (nSPS) is 10.2. The van der Waals surface area contributed by atoms with Crippen molar-refractivity contribution in [1.29, 1.82) is 5.41 Å². The summed E-state index contributed by atoms with van der Waals surface area (Å²) >= 11 is 0. The maximum atomic E-state index is 13.3. The second-order valence-corrected chi connectivity index (χ2v) is 4.78. The van der Waals surface area contributed by atoms with E-state index in [2.05, 4.69) is 0 Å². The van der Waals surface area contributed by atoms with E-state index in [0.29, 0.717) is 17.8 Å². The van der Waals surface area contributed by atoms with E-state index in [1.165, 1.54) is 12.1 Å². The van der Waals surface area contributed by atoms with Crippen LogP contribution in [-0.2, 0) is 6.54 Å². The van der Waals surface area contributed by atoms with Crippen LogP contribution in [0.15, 0.2) is 42.5 Å². The first-order valence-electron chi connectivity index (χ1n) is 6.49. The van der Waals surface area contributed by atoms with Gasteiger partial charge in [0.2, 0.25) is 0 Å². The predicted molar refractivity (Wildman–Crippen MR) is 82.5 cm³/mol. The first-order chi connectivity index (χ1) is 10.0. The van der Waals surface area contributed by atoms with Crippen LogP contribution in [0.3, 0.4) is 0 Å². The third-order valence-corrected chi connectivity index (χ3v) is 3.21. The first-order valence-corrected chi connectivity index (χ1v) is 6.49. The summed E-state index contributed by atoms with van der Waals surface area (Å²) in [5, 5.41) is 7.57. The van der Waals surface area contributed by atoms with Gasteiger partial charge in [0.15, 0.2) is 0 Å². The Balaban J connectivity index is 2.27. The van der Waals surface area contributed by atoms with E-state index in [0.717, 1.165) is 11.3 Å². The van der Waals surface area contributed by atoms with E-state index in [1.807, 2.05) is 36.2 Å². The lowest BCUT2D eigenvalue weighted by atomic mass is 10.1. The first kappa shape index (κ1) is 14.8. The van der Waals surface area contributed by atoms with Crippen molar-refractivity contribution < 1.29 is 9.13 Å². The molecule has 2 aromatic rings. The van der Waals surface area contributed by atoms with Crippen molar-refractivity contribution in [2.75, 3.05) is 19.1 Å². The van der Waals surface area contributed by atoms with E-state index in [4.69, 9.17) is 15.9 Å². The minimum atomic E-state index is -0.404. The zero-order valence-electron chi connectivity index (χ0n) is 12.1. The summed E-state index contributed by atoms with van der Waals surface area (Å²) in [5.74, 6) is 0.229. The maximum absolute atomic E-state index is 13.3. The summed E-state index contributed by atoms with van der Waals surface area (Å²) in [5.41, 5.74) is 7.69. The lowest BCUT2D eigenvalue weighted by Crippen LogP contribution is -2.22. The fourth-order valence-corrected chi connectivity index (χ4v) is 2.19. The Bertz CT molecular complexity index is 658. The van der Waals surface area contributed by atoms with Crippen molar-refractivity contribution in [3.63, 3.8) is 0 Å². The van der Waals surface area contributed by atoms with E-state index in [9.17, 15) is 4.39 Å². The SMILES string of the molecule is COc1cccc(CN(C)c2ccc(F)cc2C(=N)N)c1. The number of halogens is 1. The molecule has 3 N–H and O–H groups in total. The Labute approximate surface area is 123 Å². The van der Waals surface area contributed by atoms with E-state index < -0.39 is 5.82 Å². The molecule has 2 rings (SSSR count). The number of nitrogen functional groups attached to an aromatic ring is 1. The van der Waals surface area contributed by atoms with Crippen LogP contribution >= 0.6 is 0 Å². The van der Waals surface area contributed by atoms with Crippen LogP contribution in [0.25, 0.3) is 0 Å². The highest BCUT2D eigenvalue weighted by Gasteiger charge is 2.11. The van der Waals surface area contributed by atoms with Crippen LogP contribution in [0.5, 0.6) is 5.75 Å². The van der Waals surface area contributed by atoms with Gasteiger partial charge in [-0.05, 0) is 35.9 Å². The third-order valence-electron chi connectivity index (χ3n) is 3.21. The molecule has 0 heterocycles. The number of amidine groups is 1. The molecular formula is C16H18FN3O. The molecule has 4 nitrogen and oxygen atoms in total. The van der Waals surface area contributed by atoms with Gasteiger partial charge in [0.25, 0.3) is 0 Å². The Morgan fingerprint density at radius 2 is 2.05 bits per heavy atom. The Hall–Kier alpha value is -2.56. The van der Waals surface area contributed by atoms with E-state index in [1.54, 1.807) is 13.2 Å². The molecule has 0 unspecified atom stereocenters. The topological polar surface area (TPSA) is 62.3 Å². The molecule has 0 aliphatic heterocycles.